The summed E-state index contributed by atoms with van der Waals surface area (Å²) in [6, 6.07) is 15.3. The minimum atomic E-state index is -0.907. The zero-order valence-electron chi connectivity index (χ0n) is 10.5. The van der Waals surface area contributed by atoms with Crippen molar-refractivity contribution >= 4 is 16.9 Å². The molecule has 1 heterocycles. The summed E-state index contributed by atoms with van der Waals surface area (Å²) in [5, 5.41) is 10.2. The van der Waals surface area contributed by atoms with Crippen molar-refractivity contribution in [1.29, 1.82) is 0 Å². The zero-order valence-corrected chi connectivity index (χ0v) is 10.5. The number of hydrogen-bond acceptors (Lipinski definition) is 1. The fourth-order valence-corrected chi connectivity index (χ4v) is 2.35. The molecule has 3 heteroatoms. The van der Waals surface area contributed by atoms with Crippen LogP contribution in [0.5, 0.6) is 0 Å². The molecular weight excluding hydrogens is 238 g/mol. The average Bonchev–Trinajstić information content (AvgIpc) is 2.78. The molecule has 3 nitrogen and oxygen atoms in total. The zero-order chi connectivity index (χ0) is 13.4. The van der Waals surface area contributed by atoms with E-state index >= 15 is 0 Å². The third-order valence-corrected chi connectivity index (χ3v) is 3.23. The Kier molecular flexibility index (Phi) is 2.60. The number of benzene rings is 2. The van der Waals surface area contributed by atoms with Gasteiger partial charge in [0.1, 0.15) is 0 Å². The number of fused-ring (bicyclic) bond motifs is 1. The van der Waals surface area contributed by atoms with Gasteiger partial charge in [0.25, 0.3) is 0 Å². The normalized spacial score (nSPS) is 10.8. The van der Waals surface area contributed by atoms with Crippen molar-refractivity contribution in [2.75, 3.05) is 0 Å². The fourth-order valence-electron chi connectivity index (χ4n) is 2.35. The van der Waals surface area contributed by atoms with E-state index in [0.717, 1.165) is 22.0 Å². The van der Waals surface area contributed by atoms with Crippen LogP contribution < -0.4 is 0 Å². The molecule has 0 aliphatic carbocycles. The molecule has 94 valence electrons. The monoisotopic (exact) mass is 251 g/mol. The van der Waals surface area contributed by atoms with Gasteiger partial charge in [0, 0.05) is 10.9 Å². The Morgan fingerprint density at radius 2 is 1.84 bits per heavy atom. The van der Waals surface area contributed by atoms with E-state index < -0.39 is 5.97 Å². The maximum absolute atomic E-state index is 11.6. The van der Waals surface area contributed by atoms with Crippen molar-refractivity contribution in [3.63, 3.8) is 0 Å². The van der Waals surface area contributed by atoms with Gasteiger partial charge in [-0.3, -0.25) is 0 Å². The van der Waals surface area contributed by atoms with Crippen molar-refractivity contribution in [2.24, 2.45) is 0 Å². The van der Waals surface area contributed by atoms with Gasteiger partial charge in [0.2, 0.25) is 0 Å². The molecule has 1 aromatic heterocycles. The maximum atomic E-state index is 11.6. The van der Waals surface area contributed by atoms with E-state index in [9.17, 15) is 9.90 Å². The highest BCUT2D eigenvalue weighted by Crippen LogP contribution is 2.30. The maximum Gasteiger partial charge on any atom is 0.338 e. The minimum absolute atomic E-state index is 0.338. The Labute approximate surface area is 110 Å². The van der Waals surface area contributed by atoms with Gasteiger partial charge in [0.15, 0.2) is 0 Å². The first kappa shape index (κ1) is 11.5. The number of aryl methyl sites for hydroxylation is 1. The lowest BCUT2D eigenvalue weighted by Crippen LogP contribution is -1.97. The van der Waals surface area contributed by atoms with Crippen LogP contribution in [0.1, 0.15) is 15.9 Å². The van der Waals surface area contributed by atoms with Crippen LogP contribution in [0.25, 0.3) is 22.2 Å². The molecule has 0 atom stereocenters. The number of rotatable bonds is 2. The summed E-state index contributed by atoms with van der Waals surface area (Å²) in [5.74, 6) is -0.907. The Balaban J connectivity index is 2.36. The molecule has 0 saturated heterocycles. The van der Waals surface area contributed by atoms with Crippen molar-refractivity contribution < 1.29 is 9.90 Å². The topological polar surface area (TPSA) is 53.1 Å². The lowest BCUT2D eigenvalue weighted by atomic mass is 10.0. The van der Waals surface area contributed by atoms with Crippen molar-refractivity contribution in [3.8, 4) is 11.3 Å². The second-order valence-electron chi connectivity index (χ2n) is 4.60. The van der Waals surface area contributed by atoms with Crippen LogP contribution in [-0.4, -0.2) is 16.1 Å². The van der Waals surface area contributed by atoms with E-state index in [-0.39, 0.29) is 0 Å². The first-order chi connectivity index (χ1) is 9.16. The summed E-state index contributed by atoms with van der Waals surface area (Å²) in [6.07, 6.45) is 0. The summed E-state index contributed by atoms with van der Waals surface area (Å²) in [4.78, 5) is 14.8. The number of aromatic amines is 1. The highest BCUT2D eigenvalue weighted by atomic mass is 16.4. The van der Waals surface area contributed by atoms with Crippen LogP contribution in [0, 0.1) is 6.92 Å². The fraction of sp³-hybridized carbons (Fsp3) is 0.0625. The molecule has 0 saturated carbocycles. The van der Waals surface area contributed by atoms with Crippen LogP contribution in [0.3, 0.4) is 0 Å². The third-order valence-electron chi connectivity index (χ3n) is 3.23. The van der Waals surface area contributed by atoms with Crippen LogP contribution in [0.2, 0.25) is 0 Å². The number of aromatic carboxylic acids is 1. The lowest BCUT2D eigenvalue weighted by molar-refractivity contribution is 0.0700. The van der Waals surface area contributed by atoms with Gasteiger partial charge in [-0.25, -0.2) is 4.79 Å². The van der Waals surface area contributed by atoms with Crippen LogP contribution >= 0.6 is 0 Å². The van der Waals surface area contributed by atoms with Gasteiger partial charge in [-0.05, 0) is 24.6 Å². The van der Waals surface area contributed by atoms with Crippen LogP contribution in [0.15, 0.2) is 48.5 Å². The standard InChI is InChI=1S/C16H13NO2/c1-10-7-8-13-12(9-10)14(16(18)19)15(17-13)11-5-3-2-4-6-11/h2-9,17H,1H3,(H,18,19). The summed E-state index contributed by atoms with van der Waals surface area (Å²) in [6.45, 7) is 1.96. The predicted octanol–water partition coefficient (Wildman–Crippen LogP) is 3.84. The Hall–Kier alpha value is -2.55. The number of carbonyl (C=O) groups is 1. The van der Waals surface area contributed by atoms with E-state index in [0.29, 0.717) is 11.3 Å². The van der Waals surface area contributed by atoms with Gasteiger partial charge in [-0.2, -0.15) is 0 Å². The molecule has 0 radical (unpaired) electrons. The number of H-pyrrole nitrogens is 1. The van der Waals surface area contributed by atoms with Crippen molar-refractivity contribution in [2.45, 2.75) is 6.92 Å². The number of nitrogens with one attached hydrogen (secondary N) is 1. The average molecular weight is 251 g/mol. The van der Waals surface area contributed by atoms with Gasteiger partial charge in [0.05, 0.1) is 11.3 Å². The highest BCUT2D eigenvalue weighted by Gasteiger charge is 2.18. The highest BCUT2D eigenvalue weighted by molar-refractivity contribution is 6.09. The molecule has 2 aromatic carbocycles. The van der Waals surface area contributed by atoms with E-state index in [1.165, 1.54) is 0 Å². The van der Waals surface area contributed by atoms with Gasteiger partial charge in [-0.1, -0.05) is 42.0 Å². The van der Waals surface area contributed by atoms with Gasteiger partial charge < -0.3 is 10.1 Å². The van der Waals surface area contributed by atoms with Crippen LogP contribution in [0.4, 0.5) is 0 Å². The molecule has 0 spiro atoms. The van der Waals surface area contributed by atoms with Crippen molar-refractivity contribution in [3.05, 3.63) is 59.7 Å². The van der Waals surface area contributed by atoms with E-state index in [1.807, 2.05) is 55.5 Å². The molecule has 2 N–H and O–H groups in total. The molecular formula is C16H13NO2. The molecule has 0 aliphatic rings. The SMILES string of the molecule is Cc1ccc2[nH]c(-c3ccccc3)c(C(=O)O)c2c1. The third kappa shape index (κ3) is 1.89. The number of aromatic nitrogens is 1. The van der Waals surface area contributed by atoms with Gasteiger partial charge >= 0.3 is 5.97 Å². The first-order valence-corrected chi connectivity index (χ1v) is 6.08. The second-order valence-corrected chi connectivity index (χ2v) is 4.60. The van der Waals surface area contributed by atoms with Gasteiger partial charge in [-0.15, -0.1) is 0 Å². The second kappa shape index (κ2) is 4.28. The Morgan fingerprint density at radius 1 is 1.11 bits per heavy atom. The Morgan fingerprint density at radius 3 is 2.53 bits per heavy atom. The summed E-state index contributed by atoms with van der Waals surface area (Å²) < 4.78 is 0. The largest absolute Gasteiger partial charge is 0.478 e. The number of carboxylic acids is 1. The summed E-state index contributed by atoms with van der Waals surface area (Å²) in [5.41, 5.74) is 3.78. The number of carboxylic acid groups (broad SMARTS) is 1. The molecule has 0 aliphatic heterocycles. The van der Waals surface area contributed by atoms with E-state index in [4.69, 9.17) is 0 Å². The van der Waals surface area contributed by atoms with Crippen molar-refractivity contribution in [1.82, 2.24) is 4.98 Å². The first-order valence-electron chi connectivity index (χ1n) is 6.08. The lowest BCUT2D eigenvalue weighted by Gasteiger charge is -2.00. The summed E-state index contributed by atoms with van der Waals surface area (Å²) in [7, 11) is 0. The minimum Gasteiger partial charge on any atom is -0.478 e. The smallest absolute Gasteiger partial charge is 0.338 e. The molecule has 3 rings (SSSR count). The summed E-state index contributed by atoms with van der Waals surface area (Å²) >= 11 is 0. The van der Waals surface area contributed by atoms with E-state index in [1.54, 1.807) is 0 Å². The molecule has 3 aromatic rings. The number of hydrogen-bond donors (Lipinski definition) is 2. The molecule has 0 amide bonds. The van der Waals surface area contributed by atoms with E-state index in [2.05, 4.69) is 4.98 Å². The molecule has 0 bridgehead atoms. The Bertz CT molecular complexity index is 757. The molecule has 0 unspecified atom stereocenters. The molecule has 0 fully saturated rings. The quantitative estimate of drug-likeness (QED) is 0.727. The van der Waals surface area contributed by atoms with Crippen LogP contribution in [-0.2, 0) is 0 Å². The molecule has 19 heavy (non-hydrogen) atoms. The predicted molar refractivity (Wildman–Crippen MR) is 75.4 cm³/mol.